The predicted molar refractivity (Wildman–Crippen MR) is 195 cm³/mol. The van der Waals surface area contributed by atoms with E-state index < -0.39 is 0 Å². The fourth-order valence-corrected chi connectivity index (χ4v) is 6.71. The number of allylic oxidation sites excluding steroid dienone is 4. The number of benzene rings is 4. The Morgan fingerprint density at radius 2 is 1.13 bits per heavy atom. The molecule has 1 aliphatic rings. The zero-order valence-electron chi connectivity index (χ0n) is 28.6. The summed E-state index contributed by atoms with van der Waals surface area (Å²) < 4.78 is 1.42. The molecule has 1 aliphatic carbocycles. The normalized spacial score (nSPS) is 14.3. The van der Waals surface area contributed by atoms with Crippen molar-refractivity contribution in [2.24, 2.45) is 23.7 Å². The van der Waals surface area contributed by atoms with Crippen LogP contribution < -0.4 is 0 Å². The Morgan fingerprint density at radius 1 is 0.667 bits per heavy atom. The number of rotatable bonds is 7. The molecule has 0 bridgehead atoms. The Balaban J connectivity index is 0.000000155. The third kappa shape index (κ3) is 9.04. The van der Waals surface area contributed by atoms with Gasteiger partial charge in [0.15, 0.2) is 0 Å². The van der Waals surface area contributed by atoms with E-state index in [4.69, 9.17) is 0 Å². The molecule has 45 heavy (non-hydrogen) atoms. The van der Waals surface area contributed by atoms with Crippen LogP contribution in [0.25, 0.3) is 21.5 Å². The van der Waals surface area contributed by atoms with Gasteiger partial charge in [0.05, 0.1) is 0 Å². The van der Waals surface area contributed by atoms with Crippen LogP contribution in [-0.2, 0) is 37.1 Å². The van der Waals surface area contributed by atoms with Gasteiger partial charge in [-0.1, -0.05) is 114 Å². The molecule has 0 fully saturated rings. The van der Waals surface area contributed by atoms with Gasteiger partial charge >= 0.3 is 99.2 Å². The van der Waals surface area contributed by atoms with Crippen LogP contribution in [0.3, 0.4) is 0 Å². The van der Waals surface area contributed by atoms with E-state index in [0.29, 0.717) is 23.7 Å². The zero-order chi connectivity index (χ0) is 32.5. The number of aryl methyl sites for hydroxylation is 2. The van der Waals surface area contributed by atoms with Crippen molar-refractivity contribution < 1.29 is 24.2 Å². The van der Waals surface area contributed by atoms with Gasteiger partial charge in [0.2, 0.25) is 0 Å². The van der Waals surface area contributed by atoms with Crippen molar-refractivity contribution in [3.63, 3.8) is 0 Å². The maximum absolute atomic E-state index is 3.65. The van der Waals surface area contributed by atoms with Gasteiger partial charge in [0.25, 0.3) is 0 Å². The van der Waals surface area contributed by atoms with Crippen molar-refractivity contribution in [3.8, 4) is 0 Å². The Bertz CT molecular complexity index is 1620. The van der Waals surface area contributed by atoms with Gasteiger partial charge in [-0.3, -0.25) is 6.08 Å². The molecule has 0 aliphatic heterocycles. The minimum absolute atomic E-state index is 0.546. The number of hydrogen-bond donors (Lipinski definition) is 0. The molecule has 0 radical (unpaired) electrons. The molecule has 1 unspecified atom stereocenters. The Hall–Kier alpha value is -3.02. The van der Waals surface area contributed by atoms with Crippen LogP contribution in [0, 0.1) is 29.7 Å². The second-order valence-electron chi connectivity index (χ2n) is 13.1. The van der Waals surface area contributed by atoms with Gasteiger partial charge in [-0.2, -0.15) is 11.6 Å². The van der Waals surface area contributed by atoms with E-state index in [-0.39, 0.29) is 0 Å². The van der Waals surface area contributed by atoms with Gasteiger partial charge in [-0.15, -0.1) is 39.7 Å². The molecule has 1 heteroatoms. The molecule has 0 aromatic heterocycles. The molecule has 0 N–H and O–H groups in total. The summed E-state index contributed by atoms with van der Waals surface area (Å²) in [4.78, 5) is 0. The van der Waals surface area contributed by atoms with Gasteiger partial charge < -0.3 is 0 Å². The first-order valence-electron chi connectivity index (χ1n) is 16.8. The van der Waals surface area contributed by atoms with Gasteiger partial charge in [-0.05, 0) is 12.8 Å². The zero-order valence-corrected chi connectivity index (χ0v) is 31.1. The molecule has 0 saturated heterocycles. The second-order valence-corrected chi connectivity index (χ2v) is 14.3. The summed E-state index contributed by atoms with van der Waals surface area (Å²) in [5.41, 5.74) is 8.48. The summed E-state index contributed by atoms with van der Waals surface area (Å²) in [6, 6.07) is 37.1. The Morgan fingerprint density at radius 3 is 1.49 bits per heavy atom. The molecule has 5 aromatic rings. The fourth-order valence-electron chi connectivity index (χ4n) is 5.89. The standard InChI is InChI=1S/C17H17.C14H23.C13H10.Zr/c1-3-12-5-7-16-14(9-12)11-15-10-13(4-2)6-8-17(15)16;1-9(2)12-7-13(10(3)4)14(8-12)11(5)6;1-3-7-12(8-4-1)11-13-9-5-2-6-10-13;/h5-11H,3-4H2,1-2H3;7,9-12H,1-6H3;1-10H;/q2*-1;;+2. The number of hydrogen-bond acceptors (Lipinski definition) is 0. The van der Waals surface area contributed by atoms with E-state index in [1.807, 2.05) is 0 Å². The SMILES string of the molecule is CC(C)C1=[C-]C(C(C)C)C=C1C(C)C.CCc1ccc2c(c1)[cH-]c1cc(CC)ccc12.[Zr+2]=[C](c1ccccc1)c1ccccc1. The van der Waals surface area contributed by atoms with Crippen LogP contribution in [0.15, 0.2) is 120 Å². The van der Waals surface area contributed by atoms with Crippen LogP contribution >= 0.6 is 0 Å². The van der Waals surface area contributed by atoms with Crippen LogP contribution in [0.5, 0.6) is 0 Å². The molecule has 5 aromatic carbocycles. The van der Waals surface area contributed by atoms with Crippen molar-refractivity contribution in [3.05, 3.63) is 149 Å². The molecule has 0 nitrogen and oxygen atoms in total. The second kappa shape index (κ2) is 16.5. The molecular formula is C44H50Zr. The van der Waals surface area contributed by atoms with Crippen LogP contribution in [0.1, 0.15) is 77.6 Å². The predicted octanol–water partition coefficient (Wildman–Crippen LogP) is 11.9. The minimum atomic E-state index is 0.546. The summed E-state index contributed by atoms with van der Waals surface area (Å²) in [6.45, 7) is 18.0. The van der Waals surface area contributed by atoms with E-state index >= 15 is 0 Å². The maximum atomic E-state index is 3.65. The molecular weight excluding hydrogens is 620 g/mol. The molecule has 0 saturated carbocycles. The quantitative estimate of drug-likeness (QED) is 0.151. The van der Waals surface area contributed by atoms with Crippen LogP contribution in [-0.4, -0.2) is 3.21 Å². The molecule has 0 heterocycles. The topological polar surface area (TPSA) is 0 Å². The van der Waals surface area contributed by atoms with Gasteiger partial charge in [0.1, 0.15) is 0 Å². The number of fused-ring (bicyclic) bond motifs is 3. The van der Waals surface area contributed by atoms with Crippen molar-refractivity contribution in [1.82, 2.24) is 0 Å². The van der Waals surface area contributed by atoms with E-state index in [2.05, 4.69) is 171 Å². The van der Waals surface area contributed by atoms with Crippen LogP contribution in [0.4, 0.5) is 0 Å². The summed E-state index contributed by atoms with van der Waals surface area (Å²) in [5, 5.41) is 5.54. The summed E-state index contributed by atoms with van der Waals surface area (Å²) in [5.74, 6) is 2.49. The van der Waals surface area contributed by atoms with Crippen molar-refractivity contribution in [2.45, 2.75) is 68.2 Å². The monoisotopic (exact) mass is 668 g/mol. The van der Waals surface area contributed by atoms with E-state index in [1.54, 1.807) is 0 Å². The van der Waals surface area contributed by atoms with Gasteiger partial charge in [0, 0.05) is 0 Å². The summed E-state index contributed by atoms with van der Waals surface area (Å²) >= 11 is 1.46. The van der Waals surface area contributed by atoms with Crippen molar-refractivity contribution in [1.29, 1.82) is 0 Å². The summed E-state index contributed by atoms with van der Waals surface area (Å²) in [6.07, 6.45) is 8.28. The Kier molecular flexibility index (Phi) is 12.8. The van der Waals surface area contributed by atoms with Crippen LogP contribution in [0.2, 0.25) is 0 Å². The van der Waals surface area contributed by atoms with Gasteiger partial charge in [-0.25, -0.2) is 5.57 Å². The molecule has 0 amide bonds. The molecule has 0 spiro atoms. The fraction of sp³-hybridized carbons (Fsp3) is 0.318. The molecule has 230 valence electrons. The van der Waals surface area contributed by atoms with E-state index in [0.717, 1.165) is 12.8 Å². The van der Waals surface area contributed by atoms with Crippen molar-refractivity contribution >= 4 is 24.8 Å². The first-order valence-corrected chi connectivity index (χ1v) is 18.0. The average Bonchev–Trinajstić information content (AvgIpc) is 3.68. The first kappa shape index (κ1) is 34.8. The molecule has 1 atom stereocenters. The average molecular weight is 670 g/mol. The first-order chi connectivity index (χ1) is 21.6. The Labute approximate surface area is 288 Å². The van der Waals surface area contributed by atoms with Crippen molar-refractivity contribution in [2.75, 3.05) is 0 Å². The summed E-state index contributed by atoms with van der Waals surface area (Å²) in [7, 11) is 0. The third-order valence-electron chi connectivity index (χ3n) is 8.68. The molecule has 6 rings (SSSR count). The third-order valence-corrected chi connectivity index (χ3v) is 10.1. The van der Waals surface area contributed by atoms with E-state index in [9.17, 15) is 0 Å². The van der Waals surface area contributed by atoms with E-state index in [1.165, 1.54) is 82.4 Å².